The minimum atomic E-state index is 0.159. The molecule has 0 radical (unpaired) electrons. The third-order valence-electron chi connectivity index (χ3n) is 8.93. The number of hydrogen-bond donors (Lipinski definition) is 1. The molecule has 0 aliphatic rings. The summed E-state index contributed by atoms with van der Waals surface area (Å²) in [6.45, 7) is 10.5. The lowest BCUT2D eigenvalue weighted by Gasteiger charge is -2.08. The van der Waals surface area contributed by atoms with Crippen LogP contribution in [0.1, 0.15) is 207 Å². The van der Waals surface area contributed by atoms with Gasteiger partial charge in [-0.15, -0.1) is 4.98 Å². The van der Waals surface area contributed by atoms with Gasteiger partial charge in [0.1, 0.15) is 0 Å². The van der Waals surface area contributed by atoms with E-state index in [9.17, 15) is 0 Å². The molecule has 1 aromatic heterocycles. The van der Waals surface area contributed by atoms with E-state index >= 15 is 0 Å². The van der Waals surface area contributed by atoms with Gasteiger partial charge in [-0.1, -0.05) is 195 Å². The van der Waals surface area contributed by atoms with Crippen LogP contribution in [-0.4, -0.2) is 28.2 Å². The van der Waals surface area contributed by atoms with E-state index in [4.69, 9.17) is 15.2 Å². The quantitative estimate of drug-likeness (QED) is 0.0761. The fourth-order valence-corrected chi connectivity index (χ4v) is 6.01. The Morgan fingerprint density at radius 2 is 0.622 bits per heavy atom. The van der Waals surface area contributed by atoms with Gasteiger partial charge in [0.05, 0.1) is 13.2 Å². The third kappa shape index (κ3) is 29.6. The van der Waals surface area contributed by atoms with Crippen molar-refractivity contribution in [3.8, 4) is 12.0 Å². The lowest BCUT2D eigenvalue weighted by atomic mass is 10.0. The van der Waals surface area contributed by atoms with Crippen LogP contribution >= 0.6 is 0 Å². The Balaban J connectivity index is 1.90. The predicted octanol–water partition coefficient (Wildman–Crippen LogP) is 12.4. The molecule has 2 N–H and O–H groups in total. The average molecular weight is 633 g/mol. The van der Waals surface area contributed by atoms with E-state index < -0.39 is 0 Å². The van der Waals surface area contributed by atoms with Gasteiger partial charge < -0.3 is 15.2 Å². The van der Waals surface area contributed by atoms with E-state index in [2.05, 4.69) is 42.6 Å². The molecule has 0 aliphatic heterocycles. The van der Waals surface area contributed by atoms with E-state index in [-0.39, 0.29) is 18.0 Å². The Labute approximate surface area is 280 Å². The molecule has 0 unspecified atom stereocenters. The highest BCUT2D eigenvalue weighted by Gasteiger charge is 2.07. The van der Waals surface area contributed by atoms with Gasteiger partial charge in [-0.05, 0) is 24.7 Å². The molecular weight excluding hydrogens is 556 g/mol. The highest BCUT2D eigenvalue weighted by atomic mass is 16.5. The van der Waals surface area contributed by atoms with E-state index in [1.165, 1.54) is 167 Å². The zero-order valence-corrected chi connectivity index (χ0v) is 30.6. The summed E-state index contributed by atoms with van der Waals surface area (Å²) < 4.78 is 11.5. The molecule has 6 nitrogen and oxygen atoms in total. The molecule has 0 amide bonds. The summed E-state index contributed by atoms with van der Waals surface area (Å²) in [7, 11) is 0. The van der Waals surface area contributed by atoms with Crippen molar-refractivity contribution in [2.24, 2.45) is 11.8 Å². The molecule has 45 heavy (non-hydrogen) atoms. The lowest BCUT2D eigenvalue weighted by molar-refractivity contribution is 0.253. The monoisotopic (exact) mass is 633 g/mol. The van der Waals surface area contributed by atoms with E-state index in [1.54, 1.807) is 0 Å². The van der Waals surface area contributed by atoms with Crippen LogP contribution in [0.2, 0.25) is 0 Å². The van der Waals surface area contributed by atoms with E-state index in [0.29, 0.717) is 13.2 Å². The Morgan fingerprint density at radius 3 is 0.889 bits per heavy atom. The van der Waals surface area contributed by atoms with Crippen molar-refractivity contribution in [1.82, 2.24) is 15.0 Å². The maximum atomic E-state index is 5.87. The van der Waals surface area contributed by atoms with Crippen LogP contribution in [0.3, 0.4) is 0 Å². The van der Waals surface area contributed by atoms with Gasteiger partial charge in [0, 0.05) is 0 Å². The molecule has 0 bridgehead atoms. The molecule has 0 atom stereocenters. The summed E-state index contributed by atoms with van der Waals surface area (Å²) in [5, 5.41) is 0. The molecule has 1 aromatic rings. The van der Waals surface area contributed by atoms with Gasteiger partial charge in [-0.2, -0.15) is 9.97 Å². The minimum Gasteiger partial charge on any atom is -0.463 e. The number of aromatic nitrogens is 3. The van der Waals surface area contributed by atoms with Crippen molar-refractivity contribution in [1.29, 1.82) is 0 Å². The first-order chi connectivity index (χ1) is 22.0. The molecule has 1 rings (SSSR count). The van der Waals surface area contributed by atoms with Gasteiger partial charge in [-0.3, -0.25) is 0 Å². The van der Waals surface area contributed by atoms with Gasteiger partial charge in [-0.25, -0.2) is 0 Å². The zero-order chi connectivity index (χ0) is 32.6. The summed E-state index contributed by atoms with van der Waals surface area (Å²) in [6.07, 6.45) is 37.7. The molecule has 6 heteroatoms. The molecule has 264 valence electrons. The van der Waals surface area contributed by atoms with Crippen molar-refractivity contribution in [3.05, 3.63) is 0 Å². The number of anilines is 1. The Hall–Kier alpha value is -1.59. The molecule has 0 saturated heterocycles. The second-order valence-electron chi connectivity index (χ2n) is 14.5. The Morgan fingerprint density at radius 1 is 0.378 bits per heavy atom. The first-order valence-corrected chi connectivity index (χ1v) is 19.7. The van der Waals surface area contributed by atoms with Crippen molar-refractivity contribution in [2.75, 3.05) is 18.9 Å². The Kier molecular flexibility index (Phi) is 28.6. The smallest absolute Gasteiger partial charge is 0.324 e. The summed E-state index contributed by atoms with van der Waals surface area (Å²) >= 11 is 0. The lowest BCUT2D eigenvalue weighted by Crippen LogP contribution is -2.08. The van der Waals surface area contributed by atoms with Crippen molar-refractivity contribution in [3.63, 3.8) is 0 Å². The summed E-state index contributed by atoms with van der Waals surface area (Å²) in [4.78, 5) is 12.6. The van der Waals surface area contributed by atoms with E-state index in [0.717, 1.165) is 24.7 Å². The van der Waals surface area contributed by atoms with Gasteiger partial charge >= 0.3 is 12.0 Å². The predicted molar refractivity (Wildman–Crippen MR) is 194 cm³/mol. The maximum absolute atomic E-state index is 5.87. The first-order valence-electron chi connectivity index (χ1n) is 19.7. The molecule has 0 saturated carbocycles. The number of ether oxygens (including phenoxy) is 2. The van der Waals surface area contributed by atoms with Crippen molar-refractivity contribution in [2.45, 2.75) is 207 Å². The number of nitrogens with zero attached hydrogens (tertiary/aromatic N) is 3. The Bertz CT molecular complexity index is 700. The highest BCUT2D eigenvalue weighted by Crippen LogP contribution is 2.17. The number of unbranched alkanes of at least 4 members (excludes halogenated alkanes) is 24. The van der Waals surface area contributed by atoms with Gasteiger partial charge in [0.2, 0.25) is 5.95 Å². The maximum Gasteiger partial charge on any atom is 0.324 e. The van der Waals surface area contributed by atoms with Crippen LogP contribution in [0, 0.1) is 11.8 Å². The number of hydrogen-bond acceptors (Lipinski definition) is 6. The average Bonchev–Trinajstić information content (AvgIpc) is 3.00. The van der Waals surface area contributed by atoms with Crippen LogP contribution in [0.5, 0.6) is 12.0 Å². The number of rotatable bonds is 34. The fraction of sp³-hybridized carbons (Fsp3) is 0.923. The molecule has 1 heterocycles. The SMILES string of the molecule is CC(C)CCCCCCCCCCCCCCCOc1nc(N)nc(OCCCCCCCCCCCCCCCC(C)C)n1. The second-order valence-corrected chi connectivity index (χ2v) is 14.5. The summed E-state index contributed by atoms with van der Waals surface area (Å²) in [5.74, 6) is 1.89. The summed E-state index contributed by atoms with van der Waals surface area (Å²) in [5.41, 5.74) is 5.87. The molecule has 0 aromatic carbocycles. The standard InChI is InChI=1S/C39H76N4O2/c1-35(2)31-27-23-19-15-11-7-5-9-13-17-21-25-29-33-44-38-41-37(40)42-39(43-38)45-34-30-26-22-18-14-10-6-8-12-16-20-24-28-32-36(3)4/h35-36H,5-34H2,1-4H3,(H2,40,41,42,43). The normalized spacial score (nSPS) is 11.6. The molecular formula is C39H76N4O2. The molecule has 0 aliphatic carbocycles. The first kappa shape index (κ1) is 41.4. The molecule has 0 spiro atoms. The number of nitrogens with two attached hydrogens (primary N) is 1. The minimum absolute atomic E-state index is 0.159. The van der Waals surface area contributed by atoms with Crippen LogP contribution < -0.4 is 15.2 Å². The van der Waals surface area contributed by atoms with Crippen LogP contribution in [0.4, 0.5) is 5.95 Å². The van der Waals surface area contributed by atoms with Crippen LogP contribution in [0.25, 0.3) is 0 Å². The van der Waals surface area contributed by atoms with Crippen LogP contribution in [0.15, 0.2) is 0 Å². The van der Waals surface area contributed by atoms with Crippen molar-refractivity contribution < 1.29 is 9.47 Å². The van der Waals surface area contributed by atoms with Gasteiger partial charge in [0.25, 0.3) is 0 Å². The van der Waals surface area contributed by atoms with E-state index in [1.807, 2.05) is 0 Å². The molecule has 0 fully saturated rings. The topological polar surface area (TPSA) is 83.2 Å². The fourth-order valence-electron chi connectivity index (χ4n) is 6.01. The number of nitrogen functional groups attached to an aromatic ring is 1. The summed E-state index contributed by atoms with van der Waals surface area (Å²) in [6, 6.07) is 0.562. The largest absolute Gasteiger partial charge is 0.463 e. The zero-order valence-electron chi connectivity index (χ0n) is 30.6. The third-order valence-corrected chi connectivity index (χ3v) is 8.93. The second kappa shape index (κ2) is 31.0. The van der Waals surface area contributed by atoms with Crippen molar-refractivity contribution >= 4 is 5.95 Å². The van der Waals surface area contributed by atoms with Crippen LogP contribution in [-0.2, 0) is 0 Å². The van der Waals surface area contributed by atoms with Gasteiger partial charge in [0.15, 0.2) is 0 Å². The highest BCUT2D eigenvalue weighted by molar-refractivity contribution is 5.20.